The predicted molar refractivity (Wildman–Crippen MR) is 257 cm³/mol. The van der Waals surface area contributed by atoms with Gasteiger partial charge in [-0.3, -0.25) is 9.59 Å². The lowest BCUT2D eigenvalue weighted by Gasteiger charge is -2.31. The quantitative estimate of drug-likeness (QED) is 0.0214. The summed E-state index contributed by atoms with van der Waals surface area (Å²) in [5, 5.41) is 9.64. The Hall–Kier alpha value is -2.45. The van der Waals surface area contributed by atoms with Gasteiger partial charge in [0.25, 0.3) is 0 Å². The number of carboxylic acids is 1. The summed E-state index contributed by atoms with van der Waals surface area (Å²) in [6, 6.07) is -0.620. The van der Waals surface area contributed by atoms with Crippen LogP contribution in [0.4, 0.5) is 0 Å². The average Bonchev–Trinajstić information content (AvgIpc) is 3.22. The Bertz CT molecular complexity index is 1090. The zero-order chi connectivity index (χ0) is 44.9. The van der Waals surface area contributed by atoms with Crippen molar-refractivity contribution in [1.29, 1.82) is 0 Å². The molecule has 0 aromatic rings. The Kier molecular flexibility index (Phi) is 42.4. The number of likely N-dealkylation sites (N-methyl/N-ethyl adjacent to an activating group) is 1. The van der Waals surface area contributed by atoms with Gasteiger partial charge in [-0.15, -0.1) is 0 Å². The molecule has 0 aliphatic carbocycles. The molecule has 0 saturated heterocycles. The summed E-state index contributed by atoms with van der Waals surface area (Å²) >= 11 is 0. The van der Waals surface area contributed by atoms with E-state index in [4.69, 9.17) is 14.2 Å². The van der Waals surface area contributed by atoms with E-state index in [0.717, 1.165) is 51.4 Å². The molecule has 0 aliphatic rings. The molecule has 61 heavy (non-hydrogen) atoms. The molecule has 1 N–H and O–H groups in total. The van der Waals surface area contributed by atoms with Crippen molar-refractivity contribution >= 4 is 17.9 Å². The van der Waals surface area contributed by atoms with Crippen molar-refractivity contribution in [2.75, 3.05) is 41.0 Å². The standard InChI is InChI=1S/C53H97NO7/c1-6-8-10-12-14-16-18-20-22-24-25-26-27-28-30-31-33-35-37-39-41-43-51(55)60-48-49(47-59-46-45-50(53(57)58)54(3,4)5)61-52(56)44-42-40-38-36-34-32-29-23-21-19-17-15-13-11-9-7-2/h23,26-27,29,32,34,49-50H,6-22,24-25,28,30-31,33,35-48H2,1-5H3/p+1/b27-26+,29-23+,34-32+. The van der Waals surface area contributed by atoms with E-state index in [9.17, 15) is 19.5 Å². The first-order valence-corrected chi connectivity index (χ1v) is 25.5. The van der Waals surface area contributed by atoms with Crippen molar-refractivity contribution in [1.82, 2.24) is 0 Å². The van der Waals surface area contributed by atoms with Crippen LogP contribution in [0.1, 0.15) is 232 Å². The van der Waals surface area contributed by atoms with Crippen molar-refractivity contribution in [3.63, 3.8) is 0 Å². The topological polar surface area (TPSA) is 99.1 Å². The maximum absolute atomic E-state index is 12.8. The number of hydrogen-bond donors (Lipinski definition) is 1. The van der Waals surface area contributed by atoms with Gasteiger partial charge in [-0.2, -0.15) is 0 Å². The Morgan fingerprint density at radius 3 is 1.30 bits per heavy atom. The number of aliphatic carboxylic acids is 1. The van der Waals surface area contributed by atoms with Crippen molar-refractivity contribution in [3.8, 4) is 0 Å². The highest BCUT2D eigenvalue weighted by Gasteiger charge is 2.31. The van der Waals surface area contributed by atoms with E-state index in [2.05, 4.69) is 50.3 Å². The summed E-state index contributed by atoms with van der Waals surface area (Å²) < 4.78 is 17.3. The number of esters is 2. The Labute approximate surface area is 376 Å². The first-order chi connectivity index (χ1) is 29.6. The summed E-state index contributed by atoms with van der Waals surface area (Å²) in [4.78, 5) is 37.1. The van der Waals surface area contributed by atoms with Crippen LogP contribution in [-0.4, -0.2) is 80.6 Å². The number of rotatable bonds is 46. The first-order valence-electron chi connectivity index (χ1n) is 25.5. The maximum Gasteiger partial charge on any atom is 0.362 e. The molecular formula is C53H98NO7+. The van der Waals surface area contributed by atoms with E-state index < -0.39 is 18.1 Å². The number of nitrogens with zero attached hydrogens (tertiary/aromatic N) is 1. The Morgan fingerprint density at radius 1 is 0.492 bits per heavy atom. The summed E-state index contributed by atoms with van der Waals surface area (Å²) in [5.41, 5.74) is 0. The first kappa shape index (κ1) is 58.6. The molecule has 8 nitrogen and oxygen atoms in total. The van der Waals surface area contributed by atoms with E-state index in [1.165, 1.54) is 148 Å². The number of carbonyl (C=O) groups is 3. The molecule has 0 amide bonds. The van der Waals surface area contributed by atoms with Crippen LogP contribution in [0.3, 0.4) is 0 Å². The van der Waals surface area contributed by atoms with Crippen LogP contribution >= 0.6 is 0 Å². The van der Waals surface area contributed by atoms with Gasteiger partial charge in [0.1, 0.15) is 6.61 Å². The van der Waals surface area contributed by atoms with E-state index in [1.54, 1.807) is 0 Å². The number of unbranched alkanes of at least 4 members (excludes halogenated alkanes) is 27. The maximum atomic E-state index is 12.8. The van der Waals surface area contributed by atoms with Gasteiger partial charge in [-0.1, -0.05) is 185 Å². The van der Waals surface area contributed by atoms with Gasteiger partial charge in [0.15, 0.2) is 12.1 Å². The molecule has 356 valence electrons. The number of carbonyl (C=O) groups excluding carboxylic acids is 2. The van der Waals surface area contributed by atoms with E-state index >= 15 is 0 Å². The fraction of sp³-hybridized carbons (Fsp3) is 0.830. The second-order valence-corrected chi connectivity index (χ2v) is 18.4. The fourth-order valence-corrected chi connectivity index (χ4v) is 7.55. The van der Waals surface area contributed by atoms with Crippen molar-refractivity contribution in [2.45, 2.75) is 244 Å². The molecule has 0 heterocycles. The summed E-state index contributed by atoms with van der Waals surface area (Å²) in [6.07, 6.45) is 52.0. The van der Waals surface area contributed by atoms with Gasteiger partial charge < -0.3 is 23.8 Å². The van der Waals surface area contributed by atoms with Crippen molar-refractivity contribution in [2.24, 2.45) is 0 Å². The van der Waals surface area contributed by atoms with Crippen molar-refractivity contribution < 1.29 is 38.2 Å². The lowest BCUT2D eigenvalue weighted by atomic mass is 10.1. The second kappa shape index (κ2) is 44.2. The highest BCUT2D eigenvalue weighted by molar-refractivity contribution is 5.72. The molecule has 0 aliphatic heterocycles. The van der Waals surface area contributed by atoms with Crippen LogP contribution in [0.2, 0.25) is 0 Å². The number of hydrogen-bond acceptors (Lipinski definition) is 6. The van der Waals surface area contributed by atoms with Gasteiger partial charge in [0.2, 0.25) is 0 Å². The minimum atomic E-state index is -0.878. The molecule has 0 aromatic heterocycles. The van der Waals surface area contributed by atoms with Crippen LogP contribution < -0.4 is 0 Å². The average molecular weight is 861 g/mol. The normalized spacial score (nSPS) is 13.1. The smallest absolute Gasteiger partial charge is 0.362 e. The molecule has 0 radical (unpaired) electrons. The lowest BCUT2D eigenvalue weighted by molar-refractivity contribution is -0.887. The summed E-state index contributed by atoms with van der Waals surface area (Å²) in [7, 11) is 5.53. The highest BCUT2D eigenvalue weighted by atomic mass is 16.6. The minimum absolute atomic E-state index is 0.0505. The molecule has 2 unspecified atom stereocenters. The fourth-order valence-electron chi connectivity index (χ4n) is 7.55. The van der Waals surface area contributed by atoms with Gasteiger partial charge >= 0.3 is 17.9 Å². The summed E-state index contributed by atoms with van der Waals surface area (Å²) in [6.45, 7) is 4.72. The number of quaternary nitrogens is 1. The third-order valence-electron chi connectivity index (χ3n) is 11.5. The highest BCUT2D eigenvalue weighted by Crippen LogP contribution is 2.15. The number of allylic oxidation sites excluding steroid dienone is 6. The van der Waals surface area contributed by atoms with Crippen LogP contribution in [0.5, 0.6) is 0 Å². The van der Waals surface area contributed by atoms with E-state index in [-0.39, 0.29) is 36.2 Å². The zero-order valence-electron chi connectivity index (χ0n) is 40.6. The van der Waals surface area contributed by atoms with Crippen LogP contribution in [0, 0.1) is 0 Å². The third-order valence-corrected chi connectivity index (χ3v) is 11.5. The van der Waals surface area contributed by atoms with Crippen molar-refractivity contribution in [3.05, 3.63) is 36.5 Å². The molecule has 0 bridgehead atoms. The molecular weight excluding hydrogens is 763 g/mol. The molecule has 0 spiro atoms. The third kappa shape index (κ3) is 42.6. The van der Waals surface area contributed by atoms with Crippen LogP contribution in [-0.2, 0) is 28.6 Å². The van der Waals surface area contributed by atoms with Gasteiger partial charge in [0.05, 0.1) is 34.4 Å². The molecule has 0 rings (SSSR count). The van der Waals surface area contributed by atoms with Crippen LogP contribution in [0.25, 0.3) is 0 Å². The van der Waals surface area contributed by atoms with Crippen LogP contribution in [0.15, 0.2) is 36.5 Å². The number of carboxylic acid groups (broad SMARTS) is 1. The molecule has 0 aromatic carbocycles. The largest absolute Gasteiger partial charge is 0.477 e. The Balaban J connectivity index is 4.27. The van der Waals surface area contributed by atoms with Gasteiger partial charge in [-0.25, -0.2) is 4.79 Å². The molecule has 2 atom stereocenters. The lowest BCUT2D eigenvalue weighted by Crippen LogP contribution is -2.50. The van der Waals surface area contributed by atoms with Gasteiger partial charge in [0, 0.05) is 19.3 Å². The second-order valence-electron chi connectivity index (χ2n) is 18.4. The zero-order valence-corrected chi connectivity index (χ0v) is 40.6. The molecule has 0 fully saturated rings. The number of ether oxygens (including phenoxy) is 3. The monoisotopic (exact) mass is 861 g/mol. The van der Waals surface area contributed by atoms with E-state index in [0.29, 0.717) is 19.3 Å². The Morgan fingerprint density at radius 2 is 0.869 bits per heavy atom. The minimum Gasteiger partial charge on any atom is -0.477 e. The summed E-state index contributed by atoms with van der Waals surface area (Å²) in [5.74, 6) is -1.50. The molecule has 0 saturated carbocycles. The molecule has 8 heteroatoms. The predicted octanol–water partition coefficient (Wildman–Crippen LogP) is 14.6. The van der Waals surface area contributed by atoms with E-state index in [1.807, 2.05) is 21.1 Å². The van der Waals surface area contributed by atoms with Gasteiger partial charge in [-0.05, 0) is 64.2 Å². The SMILES string of the molecule is CCCCCCCCC/C=C/C=C/CCCCCC(=O)OC(COCCC(C(=O)O)[N+](C)(C)C)COC(=O)CCCCCCCCC/C=C/CCCCCCCCCCCC.